The highest BCUT2D eigenvalue weighted by Gasteiger charge is 2.19. The van der Waals surface area contributed by atoms with Crippen LogP contribution in [0.4, 0.5) is 5.69 Å². The molecule has 1 aromatic carbocycles. The molecule has 2 aliphatic heterocycles. The topological polar surface area (TPSA) is 64.8 Å². The van der Waals surface area contributed by atoms with Crippen LogP contribution in [0, 0.1) is 0 Å². The first-order valence-corrected chi connectivity index (χ1v) is 7.19. The van der Waals surface area contributed by atoms with E-state index in [1.165, 1.54) is 12.8 Å². The number of likely N-dealkylation sites (tertiary alicyclic amines) is 1. The summed E-state index contributed by atoms with van der Waals surface area (Å²) in [6.45, 7) is 4.05. The molecule has 0 unspecified atom stereocenters. The highest BCUT2D eigenvalue weighted by atomic mass is 16.6. The zero-order chi connectivity index (χ0) is 13.9. The lowest BCUT2D eigenvalue weighted by molar-refractivity contribution is 0.0968. The summed E-state index contributed by atoms with van der Waals surface area (Å²) in [5, 5.41) is 0. The minimum atomic E-state index is 0.0753. The molecule has 0 amide bonds. The molecule has 0 bridgehead atoms. The zero-order valence-corrected chi connectivity index (χ0v) is 11.6. The van der Waals surface area contributed by atoms with Gasteiger partial charge in [-0.25, -0.2) is 0 Å². The first-order chi connectivity index (χ1) is 9.74. The number of ether oxygens (including phenoxy) is 2. The van der Waals surface area contributed by atoms with Crippen LogP contribution in [0.25, 0.3) is 0 Å². The predicted octanol–water partition coefficient (Wildman–Crippen LogP) is 1.71. The average molecular weight is 276 g/mol. The number of carbonyl (C=O) groups excluding carboxylic acids is 1. The summed E-state index contributed by atoms with van der Waals surface area (Å²) in [4.78, 5) is 14.6. The standard InChI is InChI=1S/C15H20N2O3/c16-12-10-15-14(19-7-8-20-15)9-11(12)13(18)3-6-17-4-1-2-5-17/h9-10H,1-8,16H2. The van der Waals surface area contributed by atoms with Gasteiger partial charge in [0.05, 0.1) is 0 Å². The molecule has 5 nitrogen and oxygen atoms in total. The Hall–Kier alpha value is -1.75. The predicted molar refractivity (Wildman–Crippen MR) is 76.5 cm³/mol. The van der Waals surface area contributed by atoms with E-state index in [0.29, 0.717) is 42.4 Å². The van der Waals surface area contributed by atoms with Crippen molar-refractivity contribution in [3.05, 3.63) is 17.7 Å². The van der Waals surface area contributed by atoms with Gasteiger partial charge in [0, 0.05) is 30.3 Å². The van der Waals surface area contributed by atoms with Crippen molar-refractivity contribution >= 4 is 11.5 Å². The Morgan fingerprint density at radius 3 is 2.50 bits per heavy atom. The monoisotopic (exact) mass is 276 g/mol. The molecule has 1 aromatic rings. The largest absolute Gasteiger partial charge is 0.486 e. The lowest BCUT2D eigenvalue weighted by atomic mass is 10.0. The van der Waals surface area contributed by atoms with Gasteiger partial charge in [0.2, 0.25) is 0 Å². The van der Waals surface area contributed by atoms with E-state index < -0.39 is 0 Å². The minimum Gasteiger partial charge on any atom is -0.486 e. The maximum Gasteiger partial charge on any atom is 0.166 e. The van der Waals surface area contributed by atoms with Crippen LogP contribution < -0.4 is 15.2 Å². The van der Waals surface area contributed by atoms with Crippen molar-refractivity contribution in [1.82, 2.24) is 4.90 Å². The number of nitrogen functional groups attached to an aromatic ring is 1. The van der Waals surface area contributed by atoms with Gasteiger partial charge in [0.1, 0.15) is 13.2 Å². The summed E-state index contributed by atoms with van der Waals surface area (Å²) in [5.41, 5.74) is 6.98. The molecule has 0 spiro atoms. The fraction of sp³-hybridized carbons (Fsp3) is 0.533. The molecule has 1 saturated heterocycles. The third kappa shape index (κ3) is 2.72. The van der Waals surface area contributed by atoms with E-state index in [4.69, 9.17) is 15.2 Å². The third-order valence-electron chi connectivity index (χ3n) is 3.87. The number of hydrogen-bond acceptors (Lipinski definition) is 5. The highest BCUT2D eigenvalue weighted by Crippen LogP contribution is 2.34. The van der Waals surface area contributed by atoms with Crippen LogP contribution in [0.2, 0.25) is 0 Å². The van der Waals surface area contributed by atoms with Crippen LogP contribution >= 0.6 is 0 Å². The molecule has 2 aliphatic rings. The Morgan fingerprint density at radius 1 is 1.15 bits per heavy atom. The smallest absolute Gasteiger partial charge is 0.166 e. The third-order valence-corrected chi connectivity index (χ3v) is 3.87. The molecule has 3 rings (SSSR count). The second kappa shape index (κ2) is 5.71. The average Bonchev–Trinajstić information content (AvgIpc) is 2.97. The fourth-order valence-electron chi connectivity index (χ4n) is 2.75. The Balaban J connectivity index is 1.70. The van der Waals surface area contributed by atoms with E-state index in [1.54, 1.807) is 12.1 Å². The second-order valence-electron chi connectivity index (χ2n) is 5.31. The number of anilines is 1. The molecular weight excluding hydrogens is 256 g/mol. The van der Waals surface area contributed by atoms with Gasteiger partial charge >= 0.3 is 0 Å². The molecule has 1 fully saturated rings. The van der Waals surface area contributed by atoms with Crippen LogP contribution in [0.3, 0.4) is 0 Å². The van der Waals surface area contributed by atoms with Crippen molar-refractivity contribution in [2.75, 3.05) is 38.6 Å². The van der Waals surface area contributed by atoms with Crippen LogP contribution in [0.5, 0.6) is 11.5 Å². The maximum absolute atomic E-state index is 12.3. The summed E-state index contributed by atoms with van der Waals surface area (Å²) in [6, 6.07) is 3.41. The molecular formula is C15H20N2O3. The van der Waals surface area contributed by atoms with E-state index in [2.05, 4.69) is 4.90 Å². The number of carbonyl (C=O) groups is 1. The summed E-state index contributed by atoms with van der Waals surface area (Å²) >= 11 is 0. The Morgan fingerprint density at radius 2 is 1.80 bits per heavy atom. The van der Waals surface area contributed by atoms with Gasteiger partial charge in [-0.05, 0) is 32.0 Å². The van der Waals surface area contributed by atoms with Crippen molar-refractivity contribution in [2.45, 2.75) is 19.3 Å². The lowest BCUT2D eigenvalue weighted by Crippen LogP contribution is -2.23. The highest BCUT2D eigenvalue weighted by molar-refractivity contribution is 6.01. The van der Waals surface area contributed by atoms with E-state index in [0.717, 1.165) is 19.6 Å². The van der Waals surface area contributed by atoms with Gasteiger partial charge in [-0.15, -0.1) is 0 Å². The van der Waals surface area contributed by atoms with Crippen LogP contribution in [0.15, 0.2) is 12.1 Å². The Bertz CT molecular complexity index is 510. The maximum atomic E-state index is 12.3. The SMILES string of the molecule is Nc1cc2c(cc1C(=O)CCN1CCCC1)OCCO2. The molecule has 20 heavy (non-hydrogen) atoms. The van der Waals surface area contributed by atoms with Gasteiger partial charge in [-0.2, -0.15) is 0 Å². The van der Waals surface area contributed by atoms with Crippen molar-refractivity contribution < 1.29 is 14.3 Å². The van der Waals surface area contributed by atoms with E-state index in [-0.39, 0.29) is 5.78 Å². The van der Waals surface area contributed by atoms with Gasteiger partial charge < -0.3 is 20.1 Å². The van der Waals surface area contributed by atoms with Crippen molar-refractivity contribution in [2.24, 2.45) is 0 Å². The Kier molecular flexibility index (Phi) is 3.78. The number of fused-ring (bicyclic) bond motifs is 1. The van der Waals surface area contributed by atoms with Crippen molar-refractivity contribution in [3.63, 3.8) is 0 Å². The molecule has 2 heterocycles. The molecule has 0 radical (unpaired) electrons. The number of nitrogens with zero attached hydrogens (tertiary/aromatic N) is 1. The fourth-order valence-corrected chi connectivity index (χ4v) is 2.75. The van der Waals surface area contributed by atoms with E-state index in [9.17, 15) is 4.79 Å². The van der Waals surface area contributed by atoms with Gasteiger partial charge in [0.15, 0.2) is 17.3 Å². The van der Waals surface area contributed by atoms with Gasteiger partial charge in [-0.3, -0.25) is 4.79 Å². The summed E-state index contributed by atoms with van der Waals surface area (Å²) < 4.78 is 11.0. The van der Waals surface area contributed by atoms with Crippen LogP contribution in [-0.2, 0) is 0 Å². The van der Waals surface area contributed by atoms with Crippen molar-refractivity contribution in [3.8, 4) is 11.5 Å². The number of hydrogen-bond donors (Lipinski definition) is 1. The number of rotatable bonds is 4. The quantitative estimate of drug-likeness (QED) is 0.670. The molecule has 0 aromatic heterocycles. The first kappa shape index (κ1) is 13.2. The first-order valence-electron chi connectivity index (χ1n) is 7.19. The second-order valence-corrected chi connectivity index (χ2v) is 5.31. The Labute approximate surface area is 118 Å². The zero-order valence-electron chi connectivity index (χ0n) is 11.6. The molecule has 108 valence electrons. The normalized spacial score (nSPS) is 18.2. The summed E-state index contributed by atoms with van der Waals surface area (Å²) in [7, 11) is 0. The van der Waals surface area contributed by atoms with Crippen LogP contribution in [-0.4, -0.2) is 43.5 Å². The molecule has 0 atom stereocenters. The molecule has 2 N–H and O–H groups in total. The summed E-state index contributed by atoms with van der Waals surface area (Å²) in [6.07, 6.45) is 2.98. The molecule has 0 saturated carbocycles. The van der Waals surface area contributed by atoms with E-state index >= 15 is 0 Å². The molecule has 0 aliphatic carbocycles. The number of Topliss-reactive ketones (excluding diaryl/α,β-unsaturated/α-hetero) is 1. The molecule has 5 heteroatoms. The van der Waals surface area contributed by atoms with Crippen molar-refractivity contribution in [1.29, 1.82) is 0 Å². The lowest BCUT2D eigenvalue weighted by Gasteiger charge is -2.20. The van der Waals surface area contributed by atoms with E-state index in [1.807, 2.05) is 0 Å². The summed E-state index contributed by atoms with van der Waals surface area (Å²) in [5.74, 6) is 1.33. The van der Waals surface area contributed by atoms with Crippen LogP contribution in [0.1, 0.15) is 29.6 Å². The number of nitrogens with two attached hydrogens (primary N) is 1. The number of benzene rings is 1. The van der Waals surface area contributed by atoms with Gasteiger partial charge in [-0.1, -0.05) is 0 Å². The minimum absolute atomic E-state index is 0.0753. The number of ketones is 1. The van der Waals surface area contributed by atoms with Gasteiger partial charge in [0.25, 0.3) is 0 Å².